The molecule has 2 N–H and O–H groups in total. The van der Waals surface area contributed by atoms with E-state index < -0.39 is 0 Å². The van der Waals surface area contributed by atoms with Crippen LogP contribution >= 0.6 is 24.0 Å². The highest BCUT2D eigenvalue weighted by molar-refractivity contribution is 14.0. The molecule has 2 saturated heterocycles. The molecule has 146 valence electrons. The molecule has 0 radical (unpaired) electrons. The van der Waals surface area contributed by atoms with Crippen LogP contribution in [0.1, 0.15) is 50.1 Å². The summed E-state index contributed by atoms with van der Waals surface area (Å²) in [7, 11) is 1.75. The van der Waals surface area contributed by atoms with Crippen molar-refractivity contribution in [3.05, 3.63) is 29.8 Å². The van der Waals surface area contributed by atoms with E-state index in [1.165, 1.54) is 44.1 Å². The minimum absolute atomic E-state index is 0. The van der Waals surface area contributed by atoms with Crippen LogP contribution in [0.5, 0.6) is 5.75 Å². The first-order valence-electron chi connectivity index (χ1n) is 9.71. The van der Waals surface area contributed by atoms with Crippen LogP contribution in [0.15, 0.2) is 29.3 Å². The van der Waals surface area contributed by atoms with Gasteiger partial charge in [-0.1, -0.05) is 24.6 Å². The van der Waals surface area contributed by atoms with E-state index in [2.05, 4.69) is 21.9 Å². The van der Waals surface area contributed by atoms with Crippen molar-refractivity contribution in [2.24, 2.45) is 10.7 Å². The molecule has 1 unspecified atom stereocenters. The van der Waals surface area contributed by atoms with Gasteiger partial charge >= 0.3 is 0 Å². The van der Waals surface area contributed by atoms with Crippen molar-refractivity contribution in [1.29, 1.82) is 0 Å². The van der Waals surface area contributed by atoms with Crippen molar-refractivity contribution >= 4 is 29.9 Å². The molecule has 1 aromatic carbocycles. The highest BCUT2D eigenvalue weighted by Crippen LogP contribution is 2.31. The lowest BCUT2D eigenvalue weighted by Crippen LogP contribution is -2.42. The first-order chi connectivity index (χ1) is 12.3. The first kappa shape index (κ1) is 21.3. The van der Waals surface area contributed by atoms with E-state index in [0.717, 1.165) is 31.9 Å². The summed E-state index contributed by atoms with van der Waals surface area (Å²) < 4.78 is 5.62. The molecule has 0 aromatic heterocycles. The molecular formula is C20H33IN4O. The molecule has 0 saturated carbocycles. The van der Waals surface area contributed by atoms with Crippen LogP contribution in [0, 0.1) is 0 Å². The van der Waals surface area contributed by atoms with Crippen molar-refractivity contribution < 1.29 is 4.74 Å². The van der Waals surface area contributed by atoms with Gasteiger partial charge in [0.25, 0.3) is 0 Å². The average molecular weight is 472 g/mol. The number of hydrogen-bond acceptors (Lipinski definition) is 3. The Morgan fingerprint density at radius 1 is 1.04 bits per heavy atom. The zero-order valence-electron chi connectivity index (χ0n) is 15.9. The molecule has 2 heterocycles. The smallest absolute Gasteiger partial charge is 0.191 e. The summed E-state index contributed by atoms with van der Waals surface area (Å²) in [6.45, 7) is 5.03. The summed E-state index contributed by atoms with van der Waals surface area (Å²) in [4.78, 5) is 9.58. The third-order valence-corrected chi connectivity index (χ3v) is 5.44. The Morgan fingerprint density at radius 2 is 1.65 bits per heavy atom. The molecule has 6 heteroatoms. The maximum Gasteiger partial charge on any atom is 0.191 e. The van der Waals surface area contributed by atoms with Gasteiger partial charge < -0.3 is 15.4 Å². The van der Waals surface area contributed by atoms with Gasteiger partial charge in [0.05, 0.1) is 19.7 Å². The Morgan fingerprint density at radius 3 is 2.31 bits per heavy atom. The van der Waals surface area contributed by atoms with Gasteiger partial charge in [0.2, 0.25) is 0 Å². The fourth-order valence-electron chi connectivity index (χ4n) is 3.99. The molecule has 2 aliphatic heterocycles. The number of rotatable bonds is 5. The maximum atomic E-state index is 6.30. The van der Waals surface area contributed by atoms with Gasteiger partial charge in [0.15, 0.2) is 5.96 Å². The molecule has 3 rings (SSSR count). The number of methoxy groups -OCH3 is 1. The second-order valence-electron chi connectivity index (χ2n) is 7.10. The zero-order chi connectivity index (χ0) is 17.5. The molecule has 0 bridgehead atoms. The van der Waals surface area contributed by atoms with Crippen LogP contribution in [0.2, 0.25) is 0 Å². The molecule has 5 nitrogen and oxygen atoms in total. The minimum Gasteiger partial charge on any atom is -0.496 e. The predicted molar refractivity (Wildman–Crippen MR) is 118 cm³/mol. The fraction of sp³-hybridized carbons (Fsp3) is 0.650. The largest absolute Gasteiger partial charge is 0.496 e. The van der Waals surface area contributed by atoms with Gasteiger partial charge in [-0.15, -0.1) is 24.0 Å². The number of hydrogen-bond donors (Lipinski definition) is 1. The third-order valence-electron chi connectivity index (χ3n) is 5.44. The van der Waals surface area contributed by atoms with E-state index in [0.29, 0.717) is 12.5 Å². The van der Waals surface area contributed by atoms with Crippen LogP contribution in [0.3, 0.4) is 0 Å². The molecule has 0 aliphatic carbocycles. The third kappa shape index (κ3) is 5.49. The van der Waals surface area contributed by atoms with Crippen molar-refractivity contribution in [1.82, 2.24) is 9.80 Å². The molecule has 1 aromatic rings. The average Bonchev–Trinajstić information content (AvgIpc) is 2.70. The summed E-state index contributed by atoms with van der Waals surface area (Å²) in [6.07, 6.45) is 7.60. The minimum atomic E-state index is 0. The molecule has 1 atom stereocenters. The van der Waals surface area contributed by atoms with Crippen LogP contribution in [0.4, 0.5) is 0 Å². The van der Waals surface area contributed by atoms with Gasteiger partial charge in [0.1, 0.15) is 5.75 Å². The van der Waals surface area contributed by atoms with Crippen molar-refractivity contribution in [3.8, 4) is 5.75 Å². The highest BCUT2D eigenvalue weighted by Gasteiger charge is 2.25. The van der Waals surface area contributed by atoms with Gasteiger partial charge in [-0.25, -0.2) is 0 Å². The molecular weight excluding hydrogens is 439 g/mol. The summed E-state index contributed by atoms with van der Waals surface area (Å²) in [6, 6.07) is 8.57. The summed E-state index contributed by atoms with van der Waals surface area (Å²) in [5, 5.41) is 0. The van der Waals surface area contributed by atoms with Gasteiger partial charge in [-0.05, 0) is 51.3 Å². The van der Waals surface area contributed by atoms with E-state index in [9.17, 15) is 0 Å². The Bertz CT molecular complexity index is 569. The topological polar surface area (TPSA) is 54.1 Å². The predicted octanol–water partition coefficient (Wildman–Crippen LogP) is 3.64. The van der Waals surface area contributed by atoms with E-state index in [4.69, 9.17) is 15.5 Å². The fourth-order valence-corrected chi connectivity index (χ4v) is 3.99. The number of nitrogens with two attached hydrogens (primary N) is 1. The zero-order valence-corrected chi connectivity index (χ0v) is 18.2. The number of ether oxygens (including phenoxy) is 1. The van der Waals surface area contributed by atoms with Crippen LogP contribution in [0.25, 0.3) is 0 Å². The standard InChI is InChI=1S/C20H32N4O.HI/c1-25-19-11-5-4-10-17(19)18(23-12-6-2-7-13-23)16-22-20(21)24-14-8-3-9-15-24;/h4-5,10-11,18H,2-3,6-9,12-16H2,1H3,(H2,21,22);1H. The normalized spacial score (nSPS) is 20.3. The molecule has 0 spiro atoms. The second-order valence-corrected chi connectivity index (χ2v) is 7.10. The molecule has 2 aliphatic rings. The van der Waals surface area contributed by atoms with Crippen molar-refractivity contribution in [2.45, 2.75) is 44.6 Å². The Labute approximate surface area is 175 Å². The molecule has 0 amide bonds. The lowest BCUT2D eigenvalue weighted by atomic mass is 10.0. The lowest BCUT2D eigenvalue weighted by molar-refractivity contribution is 0.165. The second kappa shape index (κ2) is 11.0. The number of halogens is 1. The summed E-state index contributed by atoms with van der Waals surface area (Å²) in [5.41, 5.74) is 7.53. The summed E-state index contributed by atoms with van der Waals surface area (Å²) >= 11 is 0. The van der Waals surface area contributed by atoms with Crippen molar-refractivity contribution in [3.63, 3.8) is 0 Å². The van der Waals surface area contributed by atoms with Gasteiger partial charge in [0, 0.05) is 18.7 Å². The van der Waals surface area contributed by atoms with Crippen LogP contribution < -0.4 is 10.5 Å². The maximum absolute atomic E-state index is 6.30. The lowest BCUT2D eigenvalue weighted by Gasteiger charge is -2.35. The highest BCUT2D eigenvalue weighted by atomic mass is 127. The number of likely N-dealkylation sites (tertiary alicyclic amines) is 2. The number of nitrogens with zero attached hydrogens (tertiary/aromatic N) is 3. The summed E-state index contributed by atoms with van der Waals surface area (Å²) in [5.74, 6) is 1.65. The quantitative estimate of drug-likeness (QED) is 0.404. The van der Waals surface area contributed by atoms with E-state index >= 15 is 0 Å². The Hall–Kier alpha value is -1.02. The number of piperidine rings is 2. The SMILES string of the molecule is COc1ccccc1C(CN=C(N)N1CCCCC1)N1CCCCC1.I. The number of para-hydroxylation sites is 1. The number of guanidine groups is 1. The van der Waals surface area contributed by atoms with E-state index in [1.54, 1.807) is 7.11 Å². The Balaban J connectivity index is 0.00000243. The number of benzene rings is 1. The van der Waals surface area contributed by atoms with Gasteiger partial charge in [-0.3, -0.25) is 9.89 Å². The Kier molecular flexibility index (Phi) is 8.98. The number of aliphatic imine (C=N–C) groups is 1. The molecule has 2 fully saturated rings. The first-order valence-corrected chi connectivity index (χ1v) is 9.71. The monoisotopic (exact) mass is 472 g/mol. The van der Waals surface area contributed by atoms with Gasteiger partial charge in [-0.2, -0.15) is 0 Å². The van der Waals surface area contributed by atoms with Crippen LogP contribution in [-0.4, -0.2) is 55.6 Å². The van der Waals surface area contributed by atoms with Crippen LogP contribution in [-0.2, 0) is 0 Å². The van der Waals surface area contributed by atoms with E-state index in [1.807, 2.05) is 12.1 Å². The van der Waals surface area contributed by atoms with Crippen molar-refractivity contribution in [2.75, 3.05) is 39.8 Å². The van der Waals surface area contributed by atoms with E-state index in [-0.39, 0.29) is 30.0 Å². The molecule has 26 heavy (non-hydrogen) atoms.